The van der Waals surface area contributed by atoms with Crippen LogP contribution in [0.5, 0.6) is 0 Å². The van der Waals surface area contributed by atoms with E-state index in [1.807, 2.05) is 30.3 Å². The fourth-order valence-electron chi connectivity index (χ4n) is 2.80. The van der Waals surface area contributed by atoms with Gasteiger partial charge in [0.25, 0.3) is 5.91 Å². The second-order valence-corrected chi connectivity index (χ2v) is 8.33. The molecule has 1 saturated heterocycles. The van der Waals surface area contributed by atoms with Crippen LogP contribution in [0.2, 0.25) is 0 Å². The van der Waals surface area contributed by atoms with E-state index in [4.69, 9.17) is 0 Å². The average molecular weight is 360 g/mol. The summed E-state index contributed by atoms with van der Waals surface area (Å²) in [4.78, 5) is 22.3. The van der Waals surface area contributed by atoms with Crippen LogP contribution in [0.25, 0.3) is 0 Å². The number of nitrogens with one attached hydrogen (secondary N) is 1. The fourth-order valence-corrected chi connectivity index (χ4v) is 4.58. The number of rotatable bonds is 5. The van der Waals surface area contributed by atoms with E-state index in [1.54, 1.807) is 18.0 Å². The van der Waals surface area contributed by atoms with E-state index in [0.29, 0.717) is 18.8 Å². The molecule has 1 aromatic carbocycles. The minimum Gasteiger partial charge on any atom is -0.356 e. The summed E-state index contributed by atoms with van der Waals surface area (Å²) in [5, 5.41) is 2.82. The van der Waals surface area contributed by atoms with Crippen molar-refractivity contribution in [3.05, 3.63) is 54.0 Å². The molecule has 1 atom stereocenters. The van der Waals surface area contributed by atoms with Gasteiger partial charge in [-0.3, -0.25) is 4.79 Å². The second-order valence-electron chi connectivity index (χ2n) is 6.10. The van der Waals surface area contributed by atoms with Crippen molar-refractivity contribution in [2.75, 3.05) is 23.5 Å². The number of sulfone groups is 1. The molecule has 1 unspecified atom stereocenters. The second kappa shape index (κ2) is 7.18. The van der Waals surface area contributed by atoms with Crippen LogP contribution in [0.3, 0.4) is 0 Å². The summed E-state index contributed by atoms with van der Waals surface area (Å²) < 4.78 is 23.3. The molecule has 3 rings (SSSR count). The third-order valence-electron chi connectivity index (χ3n) is 4.30. The minimum absolute atomic E-state index is 0.114. The molecule has 1 aliphatic rings. The van der Waals surface area contributed by atoms with Crippen LogP contribution in [0, 0.1) is 0 Å². The van der Waals surface area contributed by atoms with Crippen LogP contribution < -0.4 is 10.2 Å². The van der Waals surface area contributed by atoms with Gasteiger partial charge in [-0.25, -0.2) is 18.4 Å². The monoisotopic (exact) mass is 360 g/mol. The number of carbonyl (C=O) groups is 1. The maximum Gasteiger partial charge on any atom is 0.270 e. The van der Waals surface area contributed by atoms with Gasteiger partial charge in [-0.05, 0) is 12.0 Å². The number of hydrogen-bond acceptors (Lipinski definition) is 6. The lowest BCUT2D eigenvalue weighted by Crippen LogP contribution is -2.33. The molecule has 0 spiro atoms. The lowest BCUT2D eigenvalue weighted by Gasteiger charge is -2.24. The zero-order valence-electron chi connectivity index (χ0n) is 13.9. The van der Waals surface area contributed by atoms with Gasteiger partial charge in [0, 0.05) is 25.7 Å². The van der Waals surface area contributed by atoms with Gasteiger partial charge in [-0.2, -0.15) is 0 Å². The first-order valence-electron chi connectivity index (χ1n) is 8.02. The van der Waals surface area contributed by atoms with E-state index in [-0.39, 0.29) is 29.1 Å². The summed E-state index contributed by atoms with van der Waals surface area (Å²) >= 11 is 0. The third kappa shape index (κ3) is 4.33. The quantitative estimate of drug-likeness (QED) is 0.856. The number of nitrogens with zero attached hydrogens (tertiary/aromatic N) is 3. The Morgan fingerprint density at radius 1 is 1.28 bits per heavy atom. The predicted molar refractivity (Wildman–Crippen MR) is 95.1 cm³/mol. The number of aromatic nitrogens is 2. The van der Waals surface area contributed by atoms with Gasteiger partial charge in [0.2, 0.25) is 0 Å². The smallest absolute Gasteiger partial charge is 0.270 e. The fraction of sp³-hybridized carbons (Fsp3) is 0.353. The van der Waals surface area contributed by atoms with E-state index >= 15 is 0 Å². The van der Waals surface area contributed by atoms with Gasteiger partial charge < -0.3 is 10.2 Å². The lowest BCUT2D eigenvalue weighted by atomic mass is 10.2. The molecular formula is C17H20N4O3S. The summed E-state index contributed by atoms with van der Waals surface area (Å²) in [5.41, 5.74) is 1.26. The first kappa shape index (κ1) is 17.3. The van der Waals surface area contributed by atoms with Crippen molar-refractivity contribution in [1.29, 1.82) is 0 Å². The topological polar surface area (TPSA) is 92.3 Å². The third-order valence-corrected chi connectivity index (χ3v) is 6.05. The minimum atomic E-state index is -2.98. The molecule has 0 aliphatic carbocycles. The molecule has 0 bridgehead atoms. The number of amides is 1. The highest BCUT2D eigenvalue weighted by Crippen LogP contribution is 2.21. The largest absolute Gasteiger partial charge is 0.356 e. The molecule has 1 amide bonds. The van der Waals surface area contributed by atoms with Crippen LogP contribution in [0.1, 0.15) is 22.5 Å². The van der Waals surface area contributed by atoms with Crippen molar-refractivity contribution in [2.45, 2.75) is 19.0 Å². The molecule has 1 aliphatic heterocycles. The van der Waals surface area contributed by atoms with Crippen LogP contribution in [-0.2, 0) is 16.4 Å². The molecule has 1 N–H and O–H groups in total. The maximum atomic E-state index is 12.3. The molecule has 2 heterocycles. The number of benzene rings is 1. The average Bonchev–Trinajstić information content (AvgIpc) is 3.00. The Morgan fingerprint density at radius 2 is 2.04 bits per heavy atom. The lowest BCUT2D eigenvalue weighted by molar-refractivity contribution is 0.0945. The van der Waals surface area contributed by atoms with Crippen molar-refractivity contribution < 1.29 is 13.2 Å². The van der Waals surface area contributed by atoms with Crippen molar-refractivity contribution in [3.8, 4) is 0 Å². The van der Waals surface area contributed by atoms with Gasteiger partial charge in [-0.1, -0.05) is 30.3 Å². The first-order chi connectivity index (χ1) is 11.9. The summed E-state index contributed by atoms with van der Waals surface area (Å²) in [6.45, 7) is 0.412. The summed E-state index contributed by atoms with van der Waals surface area (Å²) in [6.07, 6.45) is 1.89. The first-order valence-corrected chi connectivity index (χ1v) is 9.84. The van der Waals surface area contributed by atoms with Gasteiger partial charge in [-0.15, -0.1) is 0 Å². The van der Waals surface area contributed by atoms with Gasteiger partial charge in [0.05, 0.1) is 11.5 Å². The SMILES string of the molecule is CN(c1cc(C(=O)NCc2ccccc2)ncn1)C1CCS(=O)(=O)C1. The maximum absolute atomic E-state index is 12.3. The zero-order valence-corrected chi connectivity index (χ0v) is 14.7. The Labute approximate surface area is 147 Å². The van der Waals surface area contributed by atoms with Crippen molar-refractivity contribution in [3.63, 3.8) is 0 Å². The molecular weight excluding hydrogens is 340 g/mol. The van der Waals surface area contributed by atoms with Crippen molar-refractivity contribution >= 4 is 21.6 Å². The summed E-state index contributed by atoms with van der Waals surface area (Å²) in [6, 6.07) is 11.1. The molecule has 8 heteroatoms. The molecule has 25 heavy (non-hydrogen) atoms. The van der Waals surface area contributed by atoms with E-state index in [1.165, 1.54) is 6.33 Å². The molecule has 1 aromatic heterocycles. The van der Waals surface area contributed by atoms with E-state index < -0.39 is 9.84 Å². The highest BCUT2D eigenvalue weighted by atomic mass is 32.2. The molecule has 132 valence electrons. The standard InChI is InChI=1S/C17H20N4O3S/c1-21(14-7-8-25(23,24)11-14)16-9-15(19-12-20-16)17(22)18-10-13-5-3-2-4-6-13/h2-6,9,12,14H,7-8,10-11H2,1H3,(H,18,22). The molecule has 0 radical (unpaired) electrons. The van der Waals surface area contributed by atoms with Gasteiger partial charge >= 0.3 is 0 Å². The van der Waals surface area contributed by atoms with Gasteiger partial charge in [0.15, 0.2) is 9.84 Å². The number of anilines is 1. The highest BCUT2D eigenvalue weighted by molar-refractivity contribution is 7.91. The molecule has 7 nitrogen and oxygen atoms in total. The van der Waals surface area contributed by atoms with Crippen molar-refractivity contribution in [1.82, 2.24) is 15.3 Å². The summed E-state index contributed by atoms with van der Waals surface area (Å²) in [7, 11) is -1.19. The Hall–Kier alpha value is -2.48. The summed E-state index contributed by atoms with van der Waals surface area (Å²) in [5.74, 6) is 0.558. The Bertz CT molecular complexity index is 855. The highest BCUT2D eigenvalue weighted by Gasteiger charge is 2.31. The normalized spacial score (nSPS) is 18.7. The van der Waals surface area contributed by atoms with E-state index in [9.17, 15) is 13.2 Å². The van der Waals surface area contributed by atoms with Crippen LogP contribution >= 0.6 is 0 Å². The molecule has 2 aromatic rings. The van der Waals surface area contributed by atoms with Crippen molar-refractivity contribution in [2.24, 2.45) is 0 Å². The van der Waals surface area contributed by atoms with Crippen LogP contribution in [0.15, 0.2) is 42.7 Å². The Balaban J connectivity index is 1.67. The molecule has 1 fully saturated rings. The van der Waals surface area contributed by atoms with Gasteiger partial charge in [0.1, 0.15) is 17.8 Å². The molecule has 0 saturated carbocycles. The van der Waals surface area contributed by atoms with E-state index in [2.05, 4.69) is 15.3 Å². The van der Waals surface area contributed by atoms with E-state index in [0.717, 1.165) is 5.56 Å². The Morgan fingerprint density at radius 3 is 2.72 bits per heavy atom. The van der Waals surface area contributed by atoms with Crippen LogP contribution in [0.4, 0.5) is 5.82 Å². The zero-order chi connectivity index (χ0) is 17.9. The number of hydrogen-bond donors (Lipinski definition) is 1. The Kier molecular flexibility index (Phi) is 4.98. The predicted octanol–water partition coefficient (Wildman–Crippen LogP) is 1.03. The number of carbonyl (C=O) groups excluding carboxylic acids is 1. The van der Waals surface area contributed by atoms with Crippen LogP contribution in [-0.4, -0.2) is 48.9 Å².